The standard InChI is InChI=1S/C12H14BrN5O/c13-10-3-9(5-15-6-10)8-18-12(19)4-11(7-17-18)16-2-1-14/h3-7,16H,1-2,8,14H2. The van der Waals surface area contributed by atoms with Gasteiger partial charge in [-0.05, 0) is 27.6 Å². The lowest BCUT2D eigenvalue weighted by Crippen LogP contribution is -2.24. The van der Waals surface area contributed by atoms with Crippen LogP contribution in [-0.2, 0) is 6.54 Å². The summed E-state index contributed by atoms with van der Waals surface area (Å²) in [5.74, 6) is 0. The topological polar surface area (TPSA) is 85.8 Å². The fourth-order valence-electron chi connectivity index (χ4n) is 1.58. The van der Waals surface area contributed by atoms with Crippen molar-refractivity contribution in [2.75, 3.05) is 18.4 Å². The van der Waals surface area contributed by atoms with Crippen LogP contribution >= 0.6 is 15.9 Å². The first-order chi connectivity index (χ1) is 9.19. The smallest absolute Gasteiger partial charge is 0.269 e. The van der Waals surface area contributed by atoms with Gasteiger partial charge in [0.15, 0.2) is 0 Å². The second-order valence-corrected chi connectivity index (χ2v) is 4.88. The van der Waals surface area contributed by atoms with E-state index in [4.69, 9.17) is 5.73 Å². The van der Waals surface area contributed by atoms with Crippen LogP contribution in [0, 0.1) is 0 Å². The molecular formula is C12H14BrN5O. The van der Waals surface area contributed by atoms with Crippen molar-refractivity contribution < 1.29 is 0 Å². The molecule has 0 spiro atoms. The highest BCUT2D eigenvalue weighted by atomic mass is 79.9. The van der Waals surface area contributed by atoms with Crippen LogP contribution in [0.25, 0.3) is 0 Å². The number of nitrogens with two attached hydrogens (primary N) is 1. The first-order valence-corrected chi connectivity index (χ1v) is 6.59. The average Bonchev–Trinajstić information content (AvgIpc) is 2.39. The number of anilines is 1. The third-order valence-corrected chi connectivity index (χ3v) is 2.87. The first-order valence-electron chi connectivity index (χ1n) is 5.79. The van der Waals surface area contributed by atoms with Crippen molar-refractivity contribution in [3.05, 3.63) is 51.1 Å². The molecule has 0 saturated heterocycles. The minimum absolute atomic E-state index is 0.165. The summed E-state index contributed by atoms with van der Waals surface area (Å²) in [6, 6.07) is 3.41. The second kappa shape index (κ2) is 6.44. The average molecular weight is 324 g/mol. The van der Waals surface area contributed by atoms with E-state index >= 15 is 0 Å². The molecule has 6 nitrogen and oxygen atoms in total. The predicted molar refractivity (Wildman–Crippen MR) is 77.1 cm³/mol. The third kappa shape index (κ3) is 3.87. The number of pyridine rings is 1. The normalized spacial score (nSPS) is 10.4. The summed E-state index contributed by atoms with van der Waals surface area (Å²) in [5.41, 5.74) is 6.81. The molecule has 0 radical (unpaired) electrons. The molecule has 19 heavy (non-hydrogen) atoms. The Morgan fingerprint density at radius 2 is 2.16 bits per heavy atom. The van der Waals surface area contributed by atoms with Gasteiger partial charge in [-0.3, -0.25) is 9.78 Å². The van der Waals surface area contributed by atoms with Crippen molar-refractivity contribution in [2.45, 2.75) is 6.54 Å². The zero-order valence-corrected chi connectivity index (χ0v) is 11.8. The molecule has 0 fully saturated rings. The van der Waals surface area contributed by atoms with Gasteiger partial charge in [-0.2, -0.15) is 5.10 Å². The van der Waals surface area contributed by atoms with Crippen LogP contribution in [0.5, 0.6) is 0 Å². The molecule has 2 aromatic heterocycles. The zero-order chi connectivity index (χ0) is 13.7. The van der Waals surface area contributed by atoms with Crippen molar-refractivity contribution in [3.8, 4) is 0 Å². The SMILES string of the molecule is NCCNc1cnn(Cc2cncc(Br)c2)c(=O)c1. The molecule has 0 unspecified atom stereocenters. The maximum absolute atomic E-state index is 11.9. The van der Waals surface area contributed by atoms with Crippen LogP contribution < -0.4 is 16.6 Å². The van der Waals surface area contributed by atoms with Crippen LogP contribution in [-0.4, -0.2) is 27.9 Å². The Labute approximate surface area is 118 Å². The Hall–Kier alpha value is -1.73. The van der Waals surface area contributed by atoms with E-state index in [1.807, 2.05) is 6.07 Å². The molecular weight excluding hydrogens is 310 g/mol. The number of hydrogen-bond donors (Lipinski definition) is 2. The molecule has 0 saturated carbocycles. The van der Waals surface area contributed by atoms with Gasteiger partial charge in [0, 0.05) is 36.0 Å². The van der Waals surface area contributed by atoms with Gasteiger partial charge in [0.25, 0.3) is 5.56 Å². The van der Waals surface area contributed by atoms with Crippen LogP contribution in [0.4, 0.5) is 5.69 Å². The predicted octanol–water partition coefficient (Wildman–Crippen LogP) is 0.820. The summed E-state index contributed by atoms with van der Waals surface area (Å²) in [4.78, 5) is 15.9. The lowest BCUT2D eigenvalue weighted by atomic mass is 10.3. The van der Waals surface area contributed by atoms with E-state index in [1.54, 1.807) is 18.6 Å². The molecule has 0 aromatic carbocycles. The minimum Gasteiger partial charge on any atom is -0.382 e. The minimum atomic E-state index is -0.165. The number of nitrogens with zero attached hydrogens (tertiary/aromatic N) is 3. The molecule has 2 rings (SSSR count). The van der Waals surface area contributed by atoms with E-state index < -0.39 is 0 Å². The molecule has 3 N–H and O–H groups in total. The second-order valence-electron chi connectivity index (χ2n) is 3.97. The number of halogens is 1. The van der Waals surface area contributed by atoms with E-state index in [-0.39, 0.29) is 5.56 Å². The Bertz CT molecular complexity index is 613. The van der Waals surface area contributed by atoms with Crippen molar-refractivity contribution in [1.29, 1.82) is 0 Å². The largest absolute Gasteiger partial charge is 0.382 e. The zero-order valence-electron chi connectivity index (χ0n) is 10.2. The highest BCUT2D eigenvalue weighted by molar-refractivity contribution is 9.10. The maximum atomic E-state index is 11.9. The van der Waals surface area contributed by atoms with E-state index in [0.29, 0.717) is 25.3 Å². The van der Waals surface area contributed by atoms with E-state index in [0.717, 1.165) is 10.0 Å². The van der Waals surface area contributed by atoms with Crippen molar-refractivity contribution in [3.63, 3.8) is 0 Å². The molecule has 7 heteroatoms. The van der Waals surface area contributed by atoms with Crippen LogP contribution in [0.2, 0.25) is 0 Å². The highest BCUT2D eigenvalue weighted by Crippen LogP contribution is 2.10. The summed E-state index contributed by atoms with van der Waals surface area (Å²) in [5, 5.41) is 7.13. The van der Waals surface area contributed by atoms with Gasteiger partial charge in [-0.25, -0.2) is 4.68 Å². The molecule has 2 aromatic rings. The van der Waals surface area contributed by atoms with Gasteiger partial charge < -0.3 is 11.1 Å². The summed E-state index contributed by atoms with van der Waals surface area (Å²) in [6.45, 7) is 1.51. The maximum Gasteiger partial charge on any atom is 0.269 e. The van der Waals surface area contributed by atoms with Crippen LogP contribution in [0.3, 0.4) is 0 Å². The summed E-state index contributed by atoms with van der Waals surface area (Å²) in [6.07, 6.45) is 5.02. The van der Waals surface area contributed by atoms with Gasteiger partial charge in [0.2, 0.25) is 0 Å². The van der Waals surface area contributed by atoms with E-state index in [1.165, 1.54) is 10.7 Å². The molecule has 100 valence electrons. The van der Waals surface area contributed by atoms with Crippen molar-refractivity contribution >= 4 is 21.6 Å². The number of rotatable bonds is 5. The summed E-state index contributed by atoms with van der Waals surface area (Å²) < 4.78 is 2.26. The Morgan fingerprint density at radius 3 is 2.84 bits per heavy atom. The van der Waals surface area contributed by atoms with Crippen molar-refractivity contribution in [1.82, 2.24) is 14.8 Å². The fraction of sp³-hybridized carbons (Fsp3) is 0.250. The molecule has 2 heterocycles. The Morgan fingerprint density at radius 1 is 1.32 bits per heavy atom. The number of aromatic nitrogens is 3. The lowest BCUT2D eigenvalue weighted by Gasteiger charge is -2.07. The van der Waals surface area contributed by atoms with Gasteiger partial charge in [0.05, 0.1) is 18.4 Å². The van der Waals surface area contributed by atoms with Crippen molar-refractivity contribution in [2.24, 2.45) is 5.73 Å². The third-order valence-electron chi connectivity index (χ3n) is 2.44. The number of nitrogens with one attached hydrogen (secondary N) is 1. The monoisotopic (exact) mass is 323 g/mol. The van der Waals surface area contributed by atoms with Gasteiger partial charge in [-0.1, -0.05) is 0 Å². The highest BCUT2D eigenvalue weighted by Gasteiger charge is 2.02. The van der Waals surface area contributed by atoms with Gasteiger partial charge in [-0.15, -0.1) is 0 Å². The fourth-order valence-corrected chi connectivity index (χ4v) is 1.99. The Balaban J connectivity index is 2.15. The van der Waals surface area contributed by atoms with E-state index in [2.05, 4.69) is 31.3 Å². The molecule has 0 amide bonds. The molecule has 0 atom stereocenters. The van der Waals surface area contributed by atoms with Crippen LogP contribution in [0.15, 0.2) is 40.0 Å². The summed E-state index contributed by atoms with van der Waals surface area (Å²) >= 11 is 3.34. The van der Waals surface area contributed by atoms with Gasteiger partial charge in [0.1, 0.15) is 0 Å². The molecule has 0 bridgehead atoms. The van der Waals surface area contributed by atoms with E-state index in [9.17, 15) is 4.79 Å². The Kier molecular flexibility index (Phi) is 4.64. The quantitative estimate of drug-likeness (QED) is 0.850. The summed E-state index contributed by atoms with van der Waals surface area (Å²) in [7, 11) is 0. The van der Waals surface area contributed by atoms with Gasteiger partial charge >= 0.3 is 0 Å². The van der Waals surface area contributed by atoms with Crippen LogP contribution in [0.1, 0.15) is 5.56 Å². The molecule has 0 aliphatic rings. The number of hydrogen-bond acceptors (Lipinski definition) is 5. The molecule has 0 aliphatic heterocycles. The first kappa shape index (κ1) is 13.7. The molecule has 0 aliphatic carbocycles. The lowest BCUT2D eigenvalue weighted by molar-refractivity contribution is 0.638.